The highest BCUT2D eigenvalue weighted by molar-refractivity contribution is 7.89. The fourth-order valence-electron chi connectivity index (χ4n) is 2.77. The first-order chi connectivity index (χ1) is 11.5. The Morgan fingerprint density at radius 3 is 2.38 bits per heavy atom. The number of rotatable bonds is 4. The molecule has 3 rings (SSSR count). The van der Waals surface area contributed by atoms with Crippen LogP contribution in [0.15, 0.2) is 52.3 Å². The first kappa shape index (κ1) is 16.5. The molecule has 2 heterocycles. The highest BCUT2D eigenvalue weighted by Crippen LogP contribution is 2.29. The summed E-state index contributed by atoms with van der Waals surface area (Å²) in [7, 11) is -1.97. The quantitative estimate of drug-likeness (QED) is 0.887. The second kappa shape index (κ2) is 6.66. The molecule has 0 bridgehead atoms. The van der Waals surface area contributed by atoms with Crippen LogP contribution in [0, 0.1) is 0 Å². The number of hydrogen-bond donors (Lipinski definition) is 1. The highest BCUT2D eigenvalue weighted by atomic mass is 32.2. The van der Waals surface area contributed by atoms with Crippen molar-refractivity contribution in [3.63, 3.8) is 0 Å². The van der Waals surface area contributed by atoms with Crippen LogP contribution in [0.4, 0.5) is 5.69 Å². The van der Waals surface area contributed by atoms with Crippen LogP contribution in [0.2, 0.25) is 0 Å². The van der Waals surface area contributed by atoms with Gasteiger partial charge in [-0.25, -0.2) is 8.42 Å². The Labute approximate surface area is 140 Å². The molecule has 1 aliphatic heterocycles. The molecule has 1 aliphatic rings. The summed E-state index contributed by atoms with van der Waals surface area (Å²) in [5.41, 5.74) is 0.635. The third kappa shape index (κ3) is 3.15. The fraction of sp³-hybridized carbons (Fsp3) is 0.312. The molecule has 1 aromatic carbocycles. The normalized spacial score (nSPS) is 16.1. The van der Waals surface area contributed by atoms with Crippen LogP contribution >= 0.6 is 0 Å². The smallest absolute Gasteiger partial charge is 0.247 e. The predicted octanol–water partition coefficient (Wildman–Crippen LogP) is 0.894. The number of H-pyrrole nitrogens is 1. The molecule has 24 heavy (non-hydrogen) atoms. The lowest BCUT2D eigenvalue weighted by atomic mass is 10.2. The van der Waals surface area contributed by atoms with E-state index in [1.165, 1.54) is 22.6 Å². The monoisotopic (exact) mass is 349 g/mol. The minimum atomic E-state index is -3.59. The van der Waals surface area contributed by atoms with Crippen LogP contribution < -0.4 is 15.2 Å². The molecule has 1 saturated heterocycles. The van der Waals surface area contributed by atoms with E-state index < -0.39 is 10.0 Å². The van der Waals surface area contributed by atoms with Crippen molar-refractivity contribution in [3.8, 4) is 5.75 Å². The van der Waals surface area contributed by atoms with Crippen molar-refractivity contribution in [3.05, 3.63) is 52.9 Å². The van der Waals surface area contributed by atoms with Gasteiger partial charge in [-0.05, 0) is 18.2 Å². The summed E-state index contributed by atoms with van der Waals surface area (Å²) in [5, 5.41) is 0. The standard InChI is InChI=1S/C16H19N3O4S/c1-23-15-5-3-2-4-14(15)18-8-10-19(11-9-18)24(21,22)13-6-7-16(20)17-12-13/h2-7,12H,8-11H2,1H3,(H,17,20). The van der Waals surface area contributed by atoms with Crippen molar-refractivity contribution in [1.82, 2.24) is 9.29 Å². The summed E-state index contributed by atoms with van der Waals surface area (Å²) in [6.07, 6.45) is 1.24. The van der Waals surface area contributed by atoms with Gasteiger partial charge in [-0.1, -0.05) is 12.1 Å². The van der Waals surface area contributed by atoms with E-state index in [-0.39, 0.29) is 10.5 Å². The number of aromatic nitrogens is 1. The van der Waals surface area contributed by atoms with Crippen LogP contribution in [-0.2, 0) is 10.0 Å². The number of nitrogens with zero attached hydrogens (tertiary/aromatic N) is 2. The summed E-state index contributed by atoms with van der Waals surface area (Å²) in [5.74, 6) is 0.773. The molecule has 128 valence electrons. The van der Waals surface area contributed by atoms with E-state index in [4.69, 9.17) is 4.74 Å². The molecule has 7 nitrogen and oxygen atoms in total. The minimum absolute atomic E-state index is 0.104. The van der Waals surface area contributed by atoms with E-state index in [9.17, 15) is 13.2 Å². The number of nitrogens with one attached hydrogen (secondary N) is 1. The molecule has 0 aliphatic carbocycles. The molecule has 2 aromatic rings. The Kier molecular flexibility index (Phi) is 4.59. The minimum Gasteiger partial charge on any atom is -0.495 e. The van der Waals surface area contributed by atoms with Gasteiger partial charge in [0.25, 0.3) is 0 Å². The second-order valence-corrected chi connectivity index (χ2v) is 7.39. The van der Waals surface area contributed by atoms with E-state index >= 15 is 0 Å². The van der Waals surface area contributed by atoms with Gasteiger partial charge < -0.3 is 14.6 Å². The molecule has 0 saturated carbocycles. The summed E-state index contributed by atoms with van der Waals surface area (Å²) >= 11 is 0. The van der Waals surface area contributed by atoms with Gasteiger partial charge in [0.1, 0.15) is 5.75 Å². The molecule has 0 atom stereocenters. The van der Waals surface area contributed by atoms with E-state index in [1.807, 2.05) is 24.3 Å². The summed E-state index contributed by atoms with van der Waals surface area (Å²) in [4.78, 5) is 15.7. The molecule has 0 amide bonds. The van der Waals surface area contributed by atoms with Crippen LogP contribution in [0.3, 0.4) is 0 Å². The predicted molar refractivity (Wildman–Crippen MR) is 91.0 cm³/mol. The lowest BCUT2D eigenvalue weighted by Gasteiger charge is -2.35. The molecule has 0 unspecified atom stereocenters. The zero-order valence-electron chi connectivity index (χ0n) is 13.3. The maximum Gasteiger partial charge on any atom is 0.247 e. The van der Waals surface area contributed by atoms with Crippen LogP contribution in [0.5, 0.6) is 5.75 Å². The Morgan fingerprint density at radius 2 is 1.75 bits per heavy atom. The van der Waals surface area contributed by atoms with Crippen molar-refractivity contribution in [2.24, 2.45) is 0 Å². The van der Waals surface area contributed by atoms with Gasteiger partial charge in [-0.2, -0.15) is 4.31 Å². The number of ether oxygens (including phenoxy) is 1. The van der Waals surface area contributed by atoms with Gasteiger partial charge in [0, 0.05) is 38.4 Å². The van der Waals surface area contributed by atoms with Crippen molar-refractivity contribution >= 4 is 15.7 Å². The average Bonchev–Trinajstić information content (AvgIpc) is 2.62. The number of benzene rings is 1. The van der Waals surface area contributed by atoms with Crippen LogP contribution in [0.25, 0.3) is 0 Å². The maximum absolute atomic E-state index is 12.6. The Bertz CT molecular complexity index is 850. The fourth-order valence-corrected chi connectivity index (χ4v) is 4.16. The molecular formula is C16H19N3O4S. The number of methoxy groups -OCH3 is 1. The van der Waals surface area contributed by atoms with Gasteiger partial charge in [-0.15, -0.1) is 0 Å². The Hall–Kier alpha value is -2.32. The third-order valence-corrected chi connectivity index (χ3v) is 5.95. The number of anilines is 1. The largest absolute Gasteiger partial charge is 0.495 e. The molecule has 8 heteroatoms. The SMILES string of the molecule is COc1ccccc1N1CCN(S(=O)(=O)c2ccc(=O)[nH]c2)CC1. The molecular weight excluding hydrogens is 330 g/mol. The zero-order valence-corrected chi connectivity index (χ0v) is 14.1. The van der Waals surface area contributed by atoms with E-state index in [2.05, 4.69) is 9.88 Å². The van der Waals surface area contributed by atoms with Gasteiger partial charge in [0.2, 0.25) is 15.6 Å². The molecule has 0 spiro atoms. The van der Waals surface area contributed by atoms with Crippen LogP contribution in [0.1, 0.15) is 0 Å². The first-order valence-corrected chi connectivity index (χ1v) is 9.03. The molecule has 1 aromatic heterocycles. The number of sulfonamides is 1. The Morgan fingerprint density at radius 1 is 1.04 bits per heavy atom. The number of pyridine rings is 1. The highest BCUT2D eigenvalue weighted by Gasteiger charge is 2.29. The van der Waals surface area contributed by atoms with Crippen molar-refractivity contribution in [2.45, 2.75) is 4.90 Å². The van der Waals surface area contributed by atoms with E-state index in [0.29, 0.717) is 26.2 Å². The first-order valence-electron chi connectivity index (χ1n) is 7.59. The number of aromatic amines is 1. The molecule has 0 radical (unpaired) electrons. The summed E-state index contributed by atoms with van der Waals surface area (Å²) in [6, 6.07) is 10.2. The van der Waals surface area contributed by atoms with Gasteiger partial charge in [0.15, 0.2) is 0 Å². The van der Waals surface area contributed by atoms with Gasteiger partial charge in [-0.3, -0.25) is 4.79 Å². The van der Waals surface area contributed by atoms with Crippen molar-refractivity contribution in [2.75, 3.05) is 38.2 Å². The molecule has 1 fully saturated rings. The second-order valence-electron chi connectivity index (χ2n) is 5.45. The average molecular weight is 349 g/mol. The van der Waals surface area contributed by atoms with Crippen molar-refractivity contribution in [1.29, 1.82) is 0 Å². The van der Waals surface area contributed by atoms with Gasteiger partial charge in [0.05, 0.1) is 17.7 Å². The Balaban J connectivity index is 1.75. The lowest BCUT2D eigenvalue weighted by Crippen LogP contribution is -2.48. The number of para-hydroxylation sites is 2. The third-order valence-electron chi connectivity index (χ3n) is 4.06. The topological polar surface area (TPSA) is 82.7 Å². The molecule has 1 N–H and O–H groups in total. The number of piperazine rings is 1. The maximum atomic E-state index is 12.6. The van der Waals surface area contributed by atoms with Gasteiger partial charge >= 0.3 is 0 Å². The lowest BCUT2D eigenvalue weighted by molar-refractivity contribution is 0.378. The van der Waals surface area contributed by atoms with E-state index in [1.54, 1.807) is 7.11 Å². The van der Waals surface area contributed by atoms with E-state index in [0.717, 1.165) is 11.4 Å². The van der Waals surface area contributed by atoms with Crippen LogP contribution in [-0.4, -0.2) is 51.0 Å². The summed E-state index contributed by atoms with van der Waals surface area (Å²) in [6.45, 7) is 1.89. The zero-order chi connectivity index (χ0) is 17.2. The van der Waals surface area contributed by atoms with Crippen molar-refractivity contribution < 1.29 is 13.2 Å². The summed E-state index contributed by atoms with van der Waals surface area (Å²) < 4.78 is 32.1. The number of hydrogen-bond acceptors (Lipinski definition) is 5.